The molecule has 0 aromatic rings. The summed E-state index contributed by atoms with van der Waals surface area (Å²) in [5, 5.41) is 2.71. The number of amides is 3. The van der Waals surface area contributed by atoms with Crippen LogP contribution in [0.4, 0.5) is 4.79 Å². The molecule has 2 aliphatic rings. The Balaban J connectivity index is 2.13. The van der Waals surface area contributed by atoms with E-state index in [0.29, 0.717) is 0 Å². The number of nitrogens with zero attached hydrogens (tertiary/aromatic N) is 1. The maximum absolute atomic E-state index is 11.8. The minimum atomic E-state index is -0.553. The molecule has 78 valence electrons. The number of hydrogen-bond donors (Lipinski definition) is 2. The van der Waals surface area contributed by atoms with E-state index in [4.69, 9.17) is 5.73 Å². The summed E-state index contributed by atoms with van der Waals surface area (Å²) < 4.78 is 0. The third-order valence-electron chi connectivity index (χ3n) is 2.56. The van der Waals surface area contributed by atoms with Gasteiger partial charge in [0, 0.05) is 12.1 Å². The summed E-state index contributed by atoms with van der Waals surface area (Å²) in [4.78, 5) is 24.5. The van der Waals surface area contributed by atoms with Gasteiger partial charge in [-0.2, -0.15) is 0 Å². The van der Waals surface area contributed by atoms with Crippen molar-refractivity contribution >= 4 is 11.9 Å². The van der Waals surface area contributed by atoms with Gasteiger partial charge in [0.25, 0.3) is 5.91 Å². The van der Waals surface area contributed by atoms with Gasteiger partial charge in [0.2, 0.25) is 0 Å². The Hall–Kier alpha value is -1.10. The van der Waals surface area contributed by atoms with Gasteiger partial charge in [-0.3, -0.25) is 9.69 Å². The maximum atomic E-state index is 11.8. The van der Waals surface area contributed by atoms with Gasteiger partial charge in [0.15, 0.2) is 0 Å². The second-order valence-electron chi connectivity index (χ2n) is 4.89. The lowest BCUT2D eigenvalue weighted by atomic mass is 10.1. The maximum Gasteiger partial charge on any atom is 0.325 e. The molecular weight excluding hydrogens is 182 g/mol. The molecular formula is C9H15N3O2. The second-order valence-corrected chi connectivity index (χ2v) is 4.89. The van der Waals surface area contributed by atoms with Gasteiger partial charge in [-0.1, -0.05) is 0 Å². The molecule has 1 aliphatic heterocycles. The Morgan fingerprint density at radius 3 is 2.43 bits per heavy atom. The smallest absolute Gasteiger partial charge is 0.324 e. The van der Waals surface area contributed by atoms with Crippen LogP contribution in [0.25, 0.3) is 0 Å². The lowest BCUT2D eigenvalue weighted by molar-refractivity contribution is -0.128. The molecule has 3 amide bonds. The van der Waals surface area contributed by atoms with Crippen molar-refractivity contribution in [3.63, 3.8) is 0 Å². The fourth-order valence-electron chi connectivity index (χ4n) is 1.69. The molecule has 0 unspecified atom stereocenters. The first-order valence-corrected chi connectivity index (χ1v) is 4.77. The summed E-state index contributed by atoms with van der Waals surface area (Å²) >= 11 is 0. The molecule has 3 N–H and O–H groups in total. The van der Waals surface area contributed by atoms with Crippen molar-refractivity contribution in [3.05, 3.63) is 0 Å². The standard InChI is InChI=1S/C9H15N3O2/c1-8(2,10)5-12-6(13)9(3-4-9)11-7(12)14/h3-5,10H2,1-2H3,(H,11,14). The predicted octanol–water partition coefficient (Wildman–Crippen LogP) is -0.192. The van der Waals surface area contributed by atoms with Gasteiger partial charge in [-0.05, 0) is 26.7 Å². The van der Waals surface area contributed by atoms with Gasteiger partial charge < -0.3 is 11.1 Å². The summed E-state index contributed by atoms with van der Waals surface area (Å²) in [7, 11) is 0. The second kappa shape index (κ2) is 2.48. The van der Waals surface area contributed by atoms with Crippen LogP contribution >= 0.6 is 0 Å². The van der Waals surface area contributed by atoms with Crippen LogP contribution in [-0.2, 0) is 4.79 Å². The van der Waals surface area contributed by atoms with E-state index in [0.717, 1.165) is 12.8 Å². The Morgan fingerprint density at radius 2 is 2.07 bits per heavy atom. The zero-order valence-electron chi connectivity index (χ0n) is 8.46. The number of imide groups is 1. The SMILES string of the molecule is CC(C)(N)CN1C(=O)NC2(CC2)C1=O. The van der Waals surface area contributed by atoms with Crippen molar-refractivity contribution in [1.82, 2.24) is 10.2 Å². The number of nitrogens with one attached hydrogen (secondary N) is 1. The predicted molar refractivity (Wildman–Crippen MR) is 50.5 cm³/mol. The van der Waals surface area contributed by atoms with Gasteiger partial charge in [0.05, 0.1) is 0 Å². The number of rotatable bonds is 2. The van der Waals surface area contributed by atoms with Crippen LogP contribution in [0, 0.1) is 0 Å². The molecule has 0 aromatic heterocycles. The van der Waals surface area contributed by atoms with Crippen molar-refractivity contribution in [2.45, 2.75) is 37.8 Å². The Kier molecular flexibility index (Phi) is 1.67. The van der Waals surface area contributed by atoms with E-state index in [9.17, 15) is 9.59 Å². The molecule has 1 saturated carbocycles. The molecule has 5 nitrogen and oxygen atoms in total. The molecule has 2 fully saturated rings. The van der Waals surface area contributed by atoms with E-state index in [1.807, 2.05) is 0 Å². The lowest BCUT2D eigenvalue weighted by Crippen LogP contribution is -2.48. The van der Waals surface area contributed by atoms with Crippen molar-refractivity contribution in [2.24, 2.45) is 5.73 Å². The molecule has 5 heteroatoms. The van der Waals surface area contributed by atoms with Crippen LogP contribution in [0.3, 0.4) is 0 Å². The highest BCUT2D eigenvalue weighted by molar-refractivity contribution is 6.08. The van der Waals surface area contributed by atoms with Crippen molar-refractivity contribution in [2.75, 3.05) is 6.54 Å². The van der Waals surface area contributed by atoms with E-state index < -0.39 is 11.1 Å². The average Bonchev–Trinajstić information content (AvgIpc) is 2.74. The normalized spacial score (nSPS) is 24.4. The van der Waals surface area contributed by atoms with Crippen LogP contribution in [0.5, 0.6) is 0 Å². The van der Waals surface area contributed by atoms with E-state index in [1.165, 1.54) is 4.90 Å². The fourth-order valence-corrected chi connectivity index (χ4v) is 1.69. The highest BCUT2D eigenvalue weighted by Crippen LogP contribution is 2.40. The number of carbonyl (C=O) groups is 2. The number of carbonyl (C=O) groups excluding carboxylic acids is 2. The summed E-state index contributed by atoms with van der Waals surface area (Å²) in [6.45, 7) is 3.87. The minimum Gasteiger partial charge on any atom is -0.324 e. The molecule has 0 bridgehead atoms. The van der Waals surface area contributed by atoms with Crippen LogP contribution < -0.4 is 11.1 Å². The molecule has 0 radical (unpaired) electrons. The first-order valence-electron chi connectivity index (χ1n) is 4.77. The molecule has 1 saturated heterocycles. The average molecular weight is 197 g/mol. The summed E-state index contributed by atoms with van der Waals surface area (Å²) in [6, 6.07) is -0.300. The molecule has 1 spiro atoms. The third kappa shape index (κ3) is 1.37. The number of urea groups is 1. The first kappa shape index (κ1) is 9.45. The van der Waals surface area contributed by atoms with Crippen LogP contribution in [-0.4, -0.2) is 34.5 Å². The van der Waals surface area contributed by atoms with Crippen LogP contribution in [0.2, 0.25) is 0 Å². The molecule has 1 aliphatic carbocycles. The summed E-state index contributed by atoms with van der Waals surface area (Å²) in [5.74, 6) is -0.110. The Bertz CT molecular complexity index is 302. The molecule has 2 rings (SSSR count). The highest BCUT2D eigenvalue weighted by atomic mass is 16.2. The summed E-state index contributed by atoms with van der Waals surface area (Å²) in [5.41, 5.74) is 4.69. The van der Waals surface area contributed by atoms with Gasteiger partial charge in [0.1, 0.15) is 5.54 Å². The molecule has 1 heterocycles. The van der Waals surface area contributed by atoms with Crippen LogP contribution in [0.15, 0.2) is 0 Å². The third-order valence-corrected chi connectivity index (χ3v) is 2.56. The van der Waals surface area contributed by atoms with Crippen molar-refractivity contribution < 1.29 is 9.59 Å². The van der Waals surface area contributed by atoms with E-state index in [1.54, 1.807) is 13.8 Å². The monoisotopic (exact) mass is 197 g/mol. The number of nitrogens with two attached hydrogens (primary N) is 1. The fraction of sp³-hybridized carbons (Fsp3) is 0.778. The Labute approximate surface area is 82.6 Å². The van der Waals surface area contributed by atoms with Crippen molar-refractivity contribution in [3.8, 4) is 0 Å². The first-order chi connectivity index (χ1) is 6.34. The molecule has 14 heavy (non-hydrogen) atoms. The lowest BCUT2D eigenvalue weighted by Gasteiger charge is -2.23. The summed E-state index contributed by atoms with van der Waals surface area (Å²) in [6.07, 6.45) is 1.53. The zero-order chi connectivity index (χ0) is 10.6. The van der Waals surface area contributed by atoms with Gasteiger partial charge in [-0.15, -0.1) is 0 Å². The quantitative estimate of drug-likeness (QED) is 0.602. The van der Waals surface area contributed by atoms with Crippen molar-refractivity contribution in [1.29, 1.82) is 0 Å². The number of hydrogen-bond acceptors (Lipinski definition) is 3. The zero-order valence-corrected chi connectivity index (χ0v) is 8.46. The van der Waals surface area contributed by atoms with Gasteiger partial charge >= 0.3 is 6.03 Å². The van der Waals surface area contributed by atoms with E-state index in [2.05, 4.69) is 5.32 Å². The molecule has 0 aromatic carbocycles. The largest absolute Gasteiger partial charge is 0.325 e. The van der Waals surface area contributed by atoms with E-state index in [-0.39, 0.29) is 18.5 Å². The van der Waals surface area contributed by atoms with Crippen LogP contribution in [0.1, 0.15) is 26.7 Å². The minimum absolute atomic E-state index is 0.110. The topological polar surface area (TPSA) is 75.4 Å². The van der Waals surface area contributed by atoms with Gasteiger partial charge in [-0.25, -0.2) is 4.79 Å². The van der Waals surface area contributed by atoms with E-state index >= 15 is 0 Å². The highest BCUT2D eigenvalue weighted by Gasteiger charge is 2.59. The molecule has 0 atom stereocenters. The Morgan fingerprint density at radius 1 is 1.50 bits per heavy atom.